The van der Waals surface area contributed by atoms with Gasteiger partial charge in [0.25, 0.3) is 0 Å². The van der Waals surface area contributed by atoms with Crippen molar-refractivity contribution >= 4 is 11.8 Å². The number of carbonyl (C=O) groups is 1. The minimum Gasteiger partial charge on any atom is -0.478 e. The van der Waals surface area contributed by atoms with Crippen LogP contribution in [0.2, 0.25) is 0 Å². The van der Waals surface area contributed by atoms with Crippen LogP contribution in [0.3, 0.4) is 0 Å². The van der Waals surface area contributed by atoms with E-state index < -0.39 is 11.8 Å². The molecule has 0 amide bonds. The molecule has 0 aliphatic rings. The van der Waals surface area contributed by atoms with Crippen molar-refractivity contribution < 1.29 is 14.3 Å². The van der Waals surface area contributed by atoms with Gasteiger partial charge in [0.1, 0.15) is 0 Å². The van der Waals surface area contributed by atoms with Crippen LogP contribution in [0.1, 0.15) is 10.4 Å². The monoisotopic (exact) mass is 232 g/mol. The van der Waals surface area contributed by atoms with Crippen molar-refractivity contribution in [1.82, 2.24) is 4.98 Å². The number of aromatic carboxylic acids is 1. The van der Waals surface area contributed by atoms with Crippen LogP contribution >= 0.6 is 0 Å². The van der Waals surface area contributed by atoms with E-state index in [1.54, 1.807) is 12.1 Å². The van der Waals surface area contributed by atoms with Crippen LogP contribution in [0.5, 0.6) is 0 Å². The Hall–Kier alpha value is -2.43. The van der Waals surface area contributed by atoms with Gasteiger partial charge in [0.05, 0.1) is 5.56 Å². The molecule has 0 aliphatic carbocycles. The molecule has 0 fully saturated rings. The number of carboxylic acids is 1. The first-order chi connectivity index (χ1) is 8.08. The molecule has 86 valence electrons. The van der Waals surface area contributed by atoms with Gasteiger partial charge < -0.3 is 10.8 Å². The summed E-state index contributed by atoms with van der Waals surface area (Å²) in [5.74, 6) is -1.83. The Bertz CT molecular complexity index is 584. The van der Waals surface area contributed by atoms with Gasteiger partial charge in [-0.2, -0.15) is 0 Å². The predicted octanol–water partition coefficient (Wildman–Crippen LogP) is 2.17. The summed E-state index contributed by atoms with van der Waals surface area (Å²) in [4.78, 5) is 14.5. The number of nitrogen functional groups attached to an aromatic ring is 1. The van der Waals surface area contributed by atoms with Gasteiger partial charge in [0.2, 0.25) is 0 Å². The lowest BCUT2D eigenvalue weighted by Crippen LogP contribution is -1.97. The molecule has 0 unspecified atom stereocenters. The topological polar surface area (TPSA) is 76.2 Å². The molecule has 0 atom stereocenters. The number of nitrogens with two attached hydrogens (primary N) is 1. The molecule has 0 aliphatic heterocycles. The molecule has 2 aromatic rings. The summed E-state index contributed by atoms with van der Waals surface area (Å²) in [6.07, 6.45) is 1.40. The van der Waals surface area contributed by atoms with Gasteiger partial charge in [0, 0.05) is 11.8 Å². The van der Waals surface area contributed by atoms with Gasteiger partial charge in [-0.3, -0.25) is 0 Å². The van der Waals surface area contributed by atoms with E-state index in [0.717, 1.165) is 0 Å². The number of nitrogens with zero attached hydrogens (tertiary/aromatic N) is 1. The Morgan fingerprint density at radius 1 is 1.29 bits per heavy atom. The van der Waals surface area contributed by atoms with Crippen molar-refractivity contribution in [3.63, 3.8) is 0 Å². The number of aromatic nitrogens is 1. The average molecular weight is 232 g/mol. The summed E-state index contributed by atoms with van der Waals surface area (Å²) in [7, 11) is 0. The van der Waals surface area contributed by atoms with Crippen molar-refractivity contribution in [2.24, 2.45) is 0 Å². The molecule has 0 saturated carbocycles. The van der Waals surface area contributed by atoms with Crippen LogP contribution in [0, 0.1) is 5.82 Å². The van der Waals surface area contributed by atoms with Gasteiger partial charge in [-0.1, -0.05) is 12.1 Å². The van der Waals surface area contributed by atoms with E-state index in [1.807, 2.05) is 0 Å². The fraction of sp³-hybridized carbons (Fsp3) is 0. The molecular weight excluding hydrogens is 223 g/mol. The number of anilines is 1. The van der Waals surface area contributed by atoms with E-state index in [1.165, 1.54) is 24.4 Å². The number of halogens is 1. The second-order valence-corrected chi connectivity index (χ2v) is 3.48. The lowest BCUT2D eigenvalue weighted by atomic mass is 10.0. The summed E-state index contributed by atoms with van der Waals surface area (Å²) >= 11 is 0. The lowest BCUT2D eigenvalue weighted by molar-refractivity contribution is 0.0697. The number of rotatable bonds is 2. The molecule has 2 rings (SSSR count). The summed E-state index contributed by atoms with van der Waals surface area (Å²) < 4.78 is 13.2. The molecular formula is C12H9FN2O2. The van der Waals surface area contributed by atoms with E-state index in [2.05, 4.69) is 4.98 Å². The van der Waals surface area contributed by atoms with E-state index in [4.69, 9.17) is 10.8 Å². The second kappa shape index (κ2) is 4.21. The maximum Gasteiger partial charge on any atom is 0.335 e. The number of benzene rings is 1. The molecule has 0 radical (unpaired) electrons. The molecule has 0 saturated heterocycles. The highest BCUT2D eigenvalue weighted by molar-refractivity contribution is 5.89. The molecule has 4 nitrogen and oxygen atoms in total. The number of pyridine rings is 1. The smallest absolute Gasteiger partial charge is 0.335 e. The average Bonchev–Trinajstić information content (AvgIpc) is 2.33. The first kappa shape index (κ1) is 11.1. The number of carboxylic acid groups (broad SMARTS) is 1. The molecule has 1 aromatic heterocycles. The standard InChI is InChI=1S/C12H9FN2O2/c13-10-5-9(6-15-11(10)14)7-2-1-3-8(4-7)12(16)17/h1-6H,(H2,14,15)(H,16,17). The van der Waals surface area contributed by atoms with Crippen LogP contribution < -0.4 is 5.73 Å². The summed E-state index contributed by atoms with van der Waals surface area (Å²) in [6, 6.07) is 7.41. The zero-order valence-electron chi connectivity index (χ0n) is 8.72. The lowest BCUT2D eigenvalue weighted by Gasteiger charge is -2.03. The first-order valence-electron chi connectivity index (χ1n) is 4.82. The van der Waals surface area contributed by atoms with Gasteiger partial charge in [-0.25, -0.2) is 14.2 Å². The molecule has 1 aromatic carbocycles. The van der Waals surface area contributed by atoms with Gasteiger partial charge in [-0.15, -0.1) is 0 Å². The highest BCUT2D eigenvalue weighted by atomic mass is 19.1. The molecule has 3 N–H and O–H groups in total. The molecule has 17 heavy (non-hydrogen) atoms. The van der Waals surface area contributed by atoms with Gasteiger partial charge >= 0.3 is 5.97 Å². The Morgan fingerprint density at radius 2 is 2.06 bits per heavy atom. The Labute approximate surface area is 96.5 Å². The van der Waals surface area contributed by atoms with E-state index in [-0.39, 0.29) is 11.4 Å². The Kier molecular flexibility index (Phi) is 2.74. The predicted molar refractivity (Wildman–Crippen MR) is 61.0 cm³/mol. The number of hydrogen-bond donors (Lipinski definition) is 2. The summed E-state index contributed by atoms with van der Waals surface area (Å²) in [6.45, 7) is 0. The Morgan fingerprint density at radius 3 is 2.71 bits per heavy atom. The molecule has 0 bridgehead atoms. The summed E-state index contributed by atoms with van der Waals surface area (Å²) in [5.41, 5.74) is 6.47. The third-order valence-corrected chi connectivity index (χ3v) is 2.31. The maximum absolute atomic E-state index is 13.2. The normalized spacial score (nSPS) is 10.2. The summed E-state index contributed by atoms with van der Waals surface area (Å²) in [5, 5.41) is 8.85. The SMILES string of the molecule is Nc1ncc(-c2cccc(C(=O)O)c2)cc1F. The van der Waals surface area contributed by atoms with Gasteiger partial charge in [-0.05, 0) is 23.8 Å². The minimum absolute atomic E-state index is 0.139. The molecule has 0 spiro atoms. The third kappa shape index (κ3) is 2.23. The maximum atomic E-state index is 13.2. The van der Waals surface area contributed by atoms with Crippen molar-refractivity contribution in [1.29, 1.82) is 0 Å². The number of hydrogen-bond acceptors (Lipinski definition) is 3. The van der Waals surface area contributed by atoms with Crippen molar-refractivity contribution in [2.45, 2.75) is 0 Å². The van der Waals surface area contributed by atoms with Crippen molar-refractivity contribution in [3.05, 3.63) is 47.9 Å². The van der Waals surface area contributed by atoms with Crippen LogP contribution in [-0.4, -0.2) is 16.1 Å². The van der Waals surface area contributed by atoms with Gasteiger partial charge in [0.15, 0.2) is 11.6 Å². The Balaban J connectivity index is 2.49. The van der Waals surface area contributed by atoms with Crippen LogP contribution in [-0.2, 0) is 0 Å². The third-order valence-electron chi connectivity index (χ3n) is 2.31. The highest BCUT2D eigenvalue weighted by Crippen LogP contribution is 2.22. The van der Waals surface area contributed by atoms with E-state index in [0.29, 0.717) is 11.1 Å². The minimum atomic E-state index is -1.03. The highest BCUT2D eigenvalue weighted by Gasteiger charge is 2.07. The zero-order valence-corrected chi connectivity index (χ0v) is 8.72. The van der Waals surface area contributed by atoms with E-state index >= 15 is 0 Å². The van der Waals surface area contributed by atoms with E-state index in [9.17, 15) is 9.18 Å². The van der Waals surface area contributed by atoms with Crippen molar-refractivity contribution in [3.8, 4) is 11.1 Å². The largest absolute Gasteiger partial charge is 0.478 e. The fourth-order valence-corrected chi connectivity index (χ4v) is 1.44. The first-order valence-corrected chi connectivity index (χ1v) is 4.82. The van der Waals surface area contributed by atoms with Crippen molar-refractivity contribution in [2.75, 3.05) is 5.73 Å². The van der Waals surface area contributed by atoms with Crippen LogP contribution in [0.4, 0.5) is 10.2 Å². The zero-order chi connectivity index (χ0) is 12.4. The molecule has 1 heterocycles. The fourth-order valence-electron chi connectivity index (χ4n) is 1.44. The second-order valence-electron chi connectivity index (χ2n) is 3.48. The van der Waals surface area contributed by atoms with Crippen LogP contribution in [0.15, 0.2) is 36.5 Å². The molecule has 5 heteroatoms. The van der Waals surface area contributed by atoms with Crippen LogP contribution in [0.25, 0.3) is 11.1 Å². The quantitative estimate of drug-likeness (QED) is 0.831.